The molecule has 19 heavy (non-hydrogen) atoms. The molecule has 4 heteroatoms. The summed E-state index contributed by atoms with van der Waals surface area (Å²) >= 11 is 0. The summed E-state index contributed by atoms with van der Waals surface area (Å²) < 4.78 is 0. The zero-order chi connectivity index (χ0) is 14.3. The van der Waals surface area contributed by atoms with Crippen LogP contribution in [-0.2, 0) is 16.0 Å². The molecule has 0 saturated heterocycles. The van der Waals surface area contributed by atoms with Crippen LogP contribution >= 0.6 is 0 Å². The molecule has 1 unspecified atom stereocenters. The van der Waals surface area contributed by atoms with Gasteiger partial charge < -0.3 is 10.6 Å². The highest BCUT2D eigenvalue weighted by molar-refractivity contribution is 6.35. The molecule has 104 valence electrons. The molecule has 0 spiro atoms. The van der Waals surface area contributed by atoms with E-state index in [2.05, 4.69) is 22.8 Å². The van der Waals surface area contributed by atoms with E-state index >= 15 is 0 Å². The van der Waals surface area contributed by atoms with Gasteiger partial charge in [0.05, 0.1) is 0 Å². The molecule has 1 aromatic carbocycles. The van der Waals surface area contributed by atoms with Gasteiger partial charge in [0.1, 0.15) is 0 Å². The topological polar surface area (TPSA) is 58.2 Å². The largest absolute Gasteiger partial charge is 0.346 e. The van der Waals surface area contributed by atoms with Gasteiger partial charge in [0.2, 0.25) is 0 Å². The van der Waals surface area contributed by atoms with Gasteiger partial charge >= 0.3 is 11.8 Å². The molecular weight excluding hydrogens is 240 g/mol. The van der Waals surface area contributed by atoms with Gasteiger partial charge in [-0.05, 0) is 39.2 Å². The molecular formula is C15H22N2O2. The average Bonchev–Trinajstić information content (AvgIpc) is 2.36. The van der Waals surface area contributed by atoms with Crippen molar-refractivity contribution >= 4 is 11.8 Å². The van der Waals surface area contributed by atoms with Crippen LogP contribution in [0.2, 0.25) is 0 Å². The molecule has 2 amide bonds. The van der Waals surface area contributed by atoms with Crippen molar-refractivity contribution in [3.63, 3.8) is 0 Å². The first-order valence-electron chi connectivity index (χ1n) is 6.64. The number of carbonyl (C=O) groups is 2. The maximum atomic E-state index is 11.6. The molecule has 4 nitrogen and oxygen atoms in total. The normalized spacial score (nSPS) is 12.0. The fraction of sp³-hybridized carbons (Fsp3) is 0.467. The summed E-state index contributed by atoms with van der Waals surface area (Å²) in [5.41, 5.74) is 1.23. The van der Waals surface area contributed by atoms with Gasteiger partial charge in [0.25, 0.3) is 0 Å². The lowest BCUT2D eigenvalue weighted by Gasteiger charge is -2.14. The summed E-state index contributed by atoms with van der Waals surface area (Å²) in [6, 6.07) is 10.0. The highest BCUT2D eigenvalue weighted by Crippen LogP contribution is 2.04. The van der Waals surface area contributed by atoms with Gasteiger partial charge in [-0.2, -0.15) is 0 Å². The van der Waals surface area contributed by atoms with E-state index < -0.39 is 11.8 Å². The van der Waals surface area contributed by atoms with Crippen LogP contribution in [0.25, 0.3) is 0 Å². The molecule has 0 fully saturated rings. The second-order valence-electron chi connectivity index (χ2n) is 5.03. The molecule has 0 aliphatic carbocycles. The molecule has 1 aromatic rings. The van der Waals surface area contributed by atoms with Crippen LogP contribution in [0.15, 0.2) is 30.3 Å². The predicted molar refractivity (Wildman–Crippen MR) is 75.6 cm³/mol. The minimum absolute atomic E-state index is 0.0226. The van der Waals surface area contributed by atoms with Crippen molar-refractivity contribution in [2.24, 2.45) is 0 Å². The number of benzene rings is 1. The fourth-order valence-electron chi connectivity index (χ4n) is 1.72. The molecule has 0 aliphatic rings. The van der Waals surface area contributed by atoms with E-state index in [9.17, 15) is 9.59 Å². The molecule has 0 radical (unpaired) electrons. The molecule has 0 heterocycles. The van der Waals surface area contributed by atoms with Gasteiger partial charge in [0, 0.05) is 12.1 Å². The first-order chi connectivity index (χ1) is 8.99. The molecule has 0 bridgehead atoms. The minimum Gasteiger partial charge on any atom is -0.346 e. The van der Waals surface area contributed by atoms with Gasteiger partial charge in [-0.15, -0.1) is 0 Å². The van der Waals surface area contributed by atoms with Crippen LogP contribution in [0, 0.1) is 0 Å². The van der Waals surface area contributed by atoms with E-state index in [0.29, 0.717) is 0 Å². The maximum Gasteiger partial charge on any atom is 0.309 e. The number of hydrogen-bond donors (Lipinski definition) is 2. The van der Waals surface area contributed by atoms with Crippen molar-refractivity contribution < 1.29 is 9.59 Å². The van der Waals surface area contributed by atoms with E-state index in [1.165, 1.54) is 5.56 Å². The Bertz CT molecular complexity index is 415. The van der Waals surface area contributed by atoms with Gasteiger partial charge in [-0.25, -0.2) is 0 Å². The van der Waals surface area contributed by atoms with E-state index in [4.69, 9.17) is 0 Å². The fourth-order valence-corrected chi connectivity index (χ4v) is 1.72. The van der Waals surface area contributed by atoms with Crippen molar-refractivity contribution in [2.75, 3.05) is 0 Å². The monoisotopic (exact) mass is 262 g/mol. The zero-order valence-corrected chi connectivity index (χ0v) is 11.8. The molecule has 0 saturated carbocycles. The molecule has 1 atom stereocenters. The molecule has 0 aromatic heterocycles. The Morgan fingerprint density at radius 2 is 1.58 bits per heavy atom. The Morgan fingerprint density at radius 1 is 1.00 bits per heavy atom. The van der Waals surface area contributed by atoms with Crippen LogP contribution < -0.4 is 10.6 Å². The summed E-state index contributed by atoms with van der Waals surface area (Å²) in [6.07, 6.45) is 1.69. The quantitative estimate of drug-likeness (QED) is 0.793. The highest BCUT2D eigenvalue weighted by atomic mass is 16.2. The second kappa shape index (κ2) is 7.56. The Hall–Kier alpha value is -1.84. The molecule has 0 aliphatic heterocycles. The lowest BCUT2D eigenvalue weighted by Crippen LogP contribution is -2.45. The highest BCUT2D eigenvalue weighted by Gasteiger charge is 2.16. The number of carbonyl (C=O) groups excluding carboxylic acids is 2. The van der Waals surface area contributed by atoms with Crippen LogP contribution in [0.5, 0.6) is 0 Å². The zero-order valence-electron chi connectivity index (χ0n) is 11.8. The van der Waals surface area contributed by atoms with E-state index in [-0.39, 0.29) is 12.1 Å². The van der Waals surface area contributed by atoms with Crippen molar-refractivity contribution in [3.8, 4) is 0 Å². The number of amides is 2. The summed E-state index contributed by atoms with van der Waals surface area (Å²) in [7, 11) is 0. The summed E-state index contributed by atoms with van der Waals surface area (Å²) in [4.78, 5) is 23.0. The van der Waals surface area contributed by atoms with Crippen molar-refractivity contribution in [1.29, 1.82) is 0 Å². The summed E-state index contributed by atoms with van der Waals surface area (Å²) in [5.74, 6) is -1.13. The van der Waals surface area contributed by atoms with Crippen molar-refractivity contribution in [2.45, 2.75) is 45.7 Å². The van der Waals surface area contributed by atoms with Gasteiger partial charge in [0.15, 0.2) is 0 Å². The third-order valence-electron chi connectivity index (χ3n) is 2.71. The molecule has 1 rings (SSSR count). The Balaban J connectivity index is 2.33. The third-order valence-corrected chi connectivity index (χ3v) is 2.71. The second-order valence-corrected chi connectivity index (χ2v) is 5.03. The van der Waals surface area contributed by atoms with Crippen LogP contribution in [-0.4, -0.2) is 23.9 Å². The van der Waals surface area contributed by atoms with E-state index in [1.54, 1.807) is 0 Å². The first kappa shape index (κ1) is 15.2. The summed E-state index contributed by atoms with van der Waals surface area (Å²) in [6.45, 7) is 5.55. The van der Waals surface area contributed by atoms with Crippen molar-refractivity contribution in [1.82, 2.24) is 10.6 Å². The molecule has 2 N–H and O–H groups in total. The van der Waals surface area contributed by atoms with Crippen LogP contribution in [0.3, 0.4) is 0 Å². The Morgan fingerprint density at radius 3 is 2.16 bits per heavy atom. The lowest BCUT2D eigenvalue weighted by atomic mass is 10.1. The first-order valence-corrected chi connectivity index (χ1v) is 6.64. The smallest absolute Gasteiger partial charge is 0.309 e. The van der Waals surface area contributed by atoms with Crippen LogP contribution in [0.1, 0.15) is 32.8 Å². The summed E-state index contributed by atoms with van der Waals surface area (Å²) in [5, 5.41) is 5.27. The maximum absolute atomic E-state index is 11.6. The average molecular weight is 262 g/mol. The Labute approximate surface area is 114 Å². The number of nitrogens with one attached hydrogen (secondary N) is 2. The van der Waals surface area contributed by atoms with Crippen LogP contribution in [0.4, 0.5) is 0 Å². The van der Waals surface area contributed by atoms with E-state index in [0.717, 1.165) is 12.8 Å². The van der Waals surface area contributed by atoms with Gasteiger partial charge in [-0.3, -0.25) is 9.59 Å². The third kappa shape index (κ3) is 6.04. The number of rotatable bonds is 5. The lowest BCUT2D eigenvalue weighted by molar-refractivity contribution is -0.139. The van der Waals surface area contributed by atoms with Gasteiger partial charge in [-0.1, -0.05) is 30.3 Å². The SMILES string of the molecule is CC(C)NC(=O)C(=O)NC(C)CCc1ccccc1. The number of hydrogen-bond acceptors (Lipinski definition) is 2. The standard InChI is InChI=1S/C15H22N2O2/c1-11(2)16-14(18)15(19)17-12(3)9-10-13-7-5-4-6-8-13/h4-8,11-12H,9-10H2,1-3H3,(H,16,18)(H,17,19). The Kier molecular flexibility index (Phi) is 6.06. The van der Waals surface area contributed by atoms with Crippen molar-refractivity contribution in [3.05, 3.63) is 35.9 Å². The predicted octanol–water partition coefficient (Wildman–Crippen LogP) is 1.65. The number of aryl methyl sites for hydroxylation is 1. The van der Waals surface area contributed by atoms with E-state index in [1.807, 2.05) is 39.0 Å². The minimum atomic E-state index is -0.568.